The van der Waals surface area contributed by atoms with Crippen LogP contribution in [-0.4, -0.2) is 9.97 Å². The molecule has 0 unspecified atom stereocenters. The molecule has 0 amide bonds. The number of hydrogen-bond acceptors (Lipinski definition) is 4. The number of anilines is 4. The van der Waals surface area contributed by atoms with Crippen molar-refractivity contribution in [3.05, 3.63) is 71.3 Å². The zero-order valence-corrected chi connectivity index (χ0v) is 13.2. The minimum atomic E-state index is -1.61. The average Bonchev–Trinajstić information content (AvgIpc) is 2.58. The van der Waals surface area contributed by atoms with Gasteiger partial charge in [-0.05, 0) is 31.2 Å². The standard InChI is InChI=1S/C17H11F5N4/c1-8-23-14(25-9-2-3-10(18)12(20)6-9)7-15(24-8)26-13-5-4-11(19)16(21)17(13)22/h2-7H,1H3,(H2,23,24,25,26). The van der Waals surface area contributed by atoms with Gasteiger partial charge in [0.05, 0.1) is 5.69 Å². The second-order valence-electron chi connectivity index (χ2n) is 5.29. The molecule has 0 atom stereocenters. The first-order valence-electron chi connectivity index (χ1n) is 7.32. The van der Waals surface area contributed by atoms with Crippen molar-refractivity contribution in [2.24, 2.45) is 0 Å². The van der Waals surface area contributed by atoms with Crippen LogP contribution >= 0.6 is 0 Å². The summed E-state index contributed by atoms with van der Waals surface area (Å²) in [4.78, 5) is 8.09. The van der Waals surface area contributed by atoms with E-state index in [1.165, 1.54) is 12.1 Å². The lowest BCUT2D eigenvalue weighted by molar-refractivity contribution is 0.449. The van der Waals surface area contributed by atoms with Crippen LogP contribution in [0.2, 0.25) is 0 Å². The molecule has 134 valence electrons. The van der Waals surface area contributed by atoms with Crippen molar-refractivity contribution in [1.29, 1.82) is 0 Å². The molecule has 3 rings (SSSR count). The number of hydrogen-bond donors (Lipinski definition) is 2. The second kappa shape index (κ2) is 6.95. The maximum Gasteiger partial charge on any atom is 0.196 e. The largest absolute Gasteiger partial charge is 0.340 e. The van der Waals surface area contributed by atoms with Gasteiger partial charge in [-0.3, -0.25) is 0 Å². The van der Waals surface area contributed by atoms with Gasteiger partial charge in [0.2, 0.25) is 0 Å². The van der Waals surface area contributed by atoms with Gasteiger partial charge in [0.1, 0.15) is 17.5 Å². The van der Waals surface area contributed by atoms with Crippen molar-refractivity contribution in [1.82, 2.24) is 9.97 Å². The molecule has 1 heterocycles. The van der Waals surface area contributed by atoms with Crippen LogP contribution in [0.1, 0.15) is 5.82 Å². The van der Waals surface area contributed by atoms with Crippen LogP contribution in [0.5, 0.6) is 0 Å². The summed E-state index contributed by atoms with van der Waals surface area (Å²) in [5, 5.41) is 5.27. The van der Waals surface area contributed by atoms with E-state index in [0.717, 1.165) is 24.3 Å². The normalized spacial score (nSPS) is 10.7. The Kier molecular flexibility index (Phi) is 4.70. The van der Waals surface area contributed by atoms with Crippen LogP contribution in [0.25, 0.3) is 0 Å². The first-order valence-corrected chi connectivity index (χ1v) is 7.32. The highest BCUT2D eigenvalue weighted by Crippen LogP contribution is 2.25. The summed E-state index contributed by atoms with van der Waals surface area (Å²) in [7, 11) is 0. The number of nitrogens with one attached hydrogen (secondary N) is 2. The first-order chi connectivity index (χ1) is 12.3. The molecule has 2 aromatic carbocycles. The van der Waals surface area contributed by atoms with Gasteiger partial charge in [-0.2, -0.15) is 0 Å². The number of aryl methyl sites for hydroxylation is 1. The second-order valence-corrected chi connectivity index (χ2v) is 5.29. The van der Waals surface area contributed by atoms with Crippen LogP contribution in [0, 0.1) is 36.0 Å². The van der Waals surface area contributed by atoms with Gasteiger partial charge in [0.15, 0.2) is 29.1 Å². The average molecular weight is 366 g/mol. The number of aromatic nitrogens is 2. The molecule has 0 aliphatic rings. The van der Waals surface area contributed by atoms with E-state index in [2.05, 4.69) is 20.6 Å². The van der Waals surface area contributed by atoms with Gasteiger partial charge in [0.25, 0.3) is 0 Å². The van der Waals surface area contributed by atoms with Crippen molar-refractivity contribution < 1.29 is 22.0 Å². The Balaban J connectivity index is 1.88. The Morgan fingerprint density at radius 1 is 0.692 bits per heavy atom. The van der Waals surface area contributed by atoms with Gasteiger partial charge in [-0.25, -0.2) is 31.9 Å². The molecule has 26 heavy (non-hydrogen) atoms. The SMILES string of the molecule is Cc1nc(Nc2ccc(F)c(F)c2)cc(Nc2ccc(F)c(F)c2F)n1. The molecule has 0 fully saturated rings. The molecule has 0 aliphatic heterocycles. The topological polar surface area (TPSA) is 49.8 Å². The number of halogens is 5. The lowest BCUT2D eigenvalue weighted by Gasteiger charge is -2.11. The minimum Gasteiger partial charge on any atom is -0.340 e. The molecule has 3 aromatic rings. The van der Waals surface area contributed by atoms with E-state index in [1.807, 2.05) is 0 Å². The fraction of sp³-hybridized carbons (Fsp3) is 0.0588. The molecular weight excluding hydrogens is 355 g/mol. The Morgan fingerprint density at radius 3 is 2.04 bits per heavy atom. The van der Waals surface area contributed by atoms with Gasteiger partial charge in [0, 0.05) is 17.8 Å². The highest BCUT2D eigenvalue weighted by Gasteiger charge is 2.14. The van der Waals surface area contributed by atoms with Gasteiger partial charge >= 0.3 is 0 Å². The van der Waals surface area contributed by atoms with E-state index < -0.39 is 29.1 Å². The minimum absolute atomic E-state index is 0.0903. The third kappa shape index (κ3) is 3.71. The molecule has 0 aliphatic carbocycles. The maximum absolute atomic E-state index is 13.8. The van der Waals surface area contributed by atoms with Crippen LogP contribution in [-0.2, 0) is 0 Å². The van der Waals surface area contributed by atoms with Crippen LogP contribution < -0.4 is 10.6 Å². The van der Waals surface area contributed by atoms with Crippen LogP contribution in [0.15, 0.2) is 36.4 Å². The Labute approximate surface area is 144 Å². The quantitative estimate of drug-likeness (QED) is 0.506. The monoisotopic (exact) mass is 366 g/mol. The van der Waals surface area contributed by atoms with Gasteiger partial charge in [-0.15, -0.1) is 0 Å². The maximum atomic E-state index is 13.8. The predicted molar refractivity (Wildman–Crippen MR) is 86.0 cm³/mol. The first kappa shape index (κ1) is 17.6. The van der Waals surface area contributed by atoms with Crippen molar-refractivity contribution in [3.8, 4) is 0 Å². The number of nitrogens with zero attached hydrogens (tertiary/aromatic N) is 2. The number of rotatable bonds is 4. The van der Waals surface area contributed by atoms with E-state index >= 15 is 0 Å². The van der Waals surface area contributed by atoms with Gasteiger partial charge in [-0.1, -0.05) is 0 Å². The third-order valence-electron chi connectivity index (χ3n) is 3.33. The summed E-state index contributed by atoms with van der Waals surface area (Å²) in [6.45, 7) is 1.54. The summed E-state index contributed by atoms with van der Waals surface area (Å²) in [5.74, 6) is -5.79. The summed E-state index contributed by atoms with van der Waals surface area (Å²) < 4.78 is 66.3. The van der Waals surface area contributed by atoms with E-state index in [4.69, 9.17) is 0 Å². The molecule has 0 radical (unpaired) electrons. The summed E-state index contributed by atoms with van der Waals surface area (Å²) >= 11 is 0. The Bertz CT molecular complexity index is 978. The Hall–Kier alpha value is -3.23. The molecule has 2 N–H and O–H groups in total. The zero-order valence-electron chi connectivity index (χ0n) is 13.2. The Morgan fingerprint density at radius 2 is 1.35 bits per heavy atom. The molecule has 0 saturated heterocycles. The van der Waals surface area contributed by atoms with Crippen molar-refractivity contribution >= 4 is 23.0 Å². The third-order valence-corrected chi connectivity index (χ3v) is 3.33. The smallest absolute Gasteiger partial charge is 0.196 e. The molecule has 0 spiro atoms. The van der Waals surface area contributed by atoms with E-state index in [9.17, 15) is 22.0 Å². The van der Waals surface area contributed by atoms with Gasteiger partial charge < -0.3 is 10.6 Å². The van der Waals surface area contributed by atoms with Crippen molar-refractivity contribution in [2.75, 3.05) is 10.6 Å². The fourth-order valence-electron chi connectivity index (χ4n) is 2.18. The molecule has 0 bridgehead atoms. The zero-order chi connectivity index (χ0) is 18.8. The highest BCUT2D eigenvalue weighted by atomic mass is 19.2. The van der Waals surface area contributed by atoms with Crippen molar-refractivity contribution in [3.63, 3.8) is 0 Å². The van der Waals surface area contributed by atoms with Crippen LogP contribution in [0.3, 0.4) is 0 Å². The van der Waals surface area contributed by atoms with E-state index in [-0.39, 0.29) is 28.8 Å². The summed E-state index contributed by atoms with van der Waals surface area (Å²) in [5.41, 5.74) is -0.0901. The van der Waals surface area contributed by atoms with Crippen molar-refractivity contribution in [2.45, 2.75) is 6.92 Å². The molecule has 1 aromatic heterocycles. The predicted octanol–water partition coefficient (Wildman–Crippen LogP) is 4.97. The molecular formula is C17H11F5N4. The number of benzene rings is 2. The summed E-state index contributed by atoms with van der Waals surface area (Å²) in [6, 6.07) is 6.33. The highest BCUT2D eigenvalue weighted by molar-refractivity contribution is 5.63. The summed E-state index contributed by atoms with van der Waals surface area (Å²) in [6.07, 6.45) is 0. The van der Waals surface area contributed by atoms with E-state index in [1.54, 1.807) is 6.92 Å². The molecule has 0 saturated carbocycles. The molecule has 4 nitrogen and oxygen atoms in total. The lowest BCUT2D eigenvalue weighted by Crippen LogP contribution is -2.04. The van der Waals surface area contributed by atoms with E-state index in [0.29, 0.717) is 0 Å². The fourth-order valence-corrected chi connectivity index (χ4v) is 2.18. The lowest BCUT2D eigenvalue weighted by atomic mass is 10.2. The molecule has 9 heteroatoms. The van der Waals surface area contributed by atoms with Crippen LogP contribution in [0.4, 0.5) is 45.0 Å².